The third-order valence-corrected chi connectivity index (χ3v) is 3.75. The van der Waals surface area contributed by atoms with Crippen LogP contribution in [0.4, 0.5) is 0 Å². The summed E-state index contributed by atoms with van der Waals surface area (Å²) in [4.78, 5) is 13.9. The van der Waals surface area contributed by atoms with Crippen LogP contribution in [0, 0.1) is 0 Å². The molecule has 1 atom stereocenters. The van der Waals surface area contributed by atoms with Gasteiger partial charge in [-0.2, -0.15) is 0 Å². The molecule has 0 spiro atoms. The van der Waals surface area contributed by atoms with Gasteiger partial charge in [-0.05, 0) is 31.5 Å². The van der Waals surface area contributed by atoms with E-state index in [1.165, 1.54) is 7.11 Å². The van der Waals surface area contributed by atoms with Crippen molar-refractivity contribution >= 4 is 5.97 Å². The summed E-state index contributed by atoms with van der Waals surface area (Å²) >= 11 is 0. The smallest absolute Gasteiger partial charge is 0.337 e. The first kappa shape index (κ1) is 15.8. The molecule has 0 bridgehead atoms. The Hall–Kier alpha value is -1.59. The zero-order valence-corrected chi connectivity index (χ0v) is 12.8. The summed E-state index contributed by atoms with van der Waals surface area (Å²) in [6.07, 6.45) is 0.979. The number of piperazine rings is 1. The SMILES string of the molecule is COC(=O)c1cccc(OCCCN2CCNCC2C)c1. The van der Waals surface area contributed by atoms with Gasteiger partial charge in [0.1, 0.15) is 5.75 Å². The summed E-state index contributed by atoms with van der Waals surface area (Å²) in [6, 6.07) is 7.70. The van der Waals surface area contributed by atoms with Crippen LogP contribution in [0.25, 0.3) is 0 Å². The highest BCUT2D eigenvalue weighted by Gasteiger charge is 2.16. The van der Waals surface area contributed by atoms with Gasteiger partial charge in [0.05, 0.1) is 19.3 Å². The van der Waals surface area contributed by atoms with E-state index in [1.807, 2.05) is 6.07 Å². The van der Waals surface area contributed by atoms with Gasteiger partial charge in [0, 0.05) is 32.2 Å². The summed E-state index contributed by atoms with van der Waals surface area (Å²) < 4.78 is 10.4. The van der Waals surface area contributed by atoms with Crippen molar-refractivity contribution < 1.29 is 14.3 Å². The molecule has 0 amide bonds. The molecule has 1 heterocycles. The van der Waals surface area contributed by atoms with Crippen LogP contribution in [0.1, 0.15) is 23.7 Å². The summed E-state index contributed by atoms with van der Waals surface area (Å²) in [7, 11) is 1.38. The van der Waals surface area contributed by atoms with Gasteiger partial charge in [-0.3, -0.25) is 4.90 Å². The molecule has 0 aliphatic carbocycles. The van der Waals surface area contributed by atoms with E-state index in [4.69, 9.17) is 9.47 Å². The van der Waals surface area contributed by atoms with Crippen LogP contribution >= 0.6 is 0 Å². The quantitative estimate of drug-likeness (QED) is 0.636. The van der Waals surface area contributed by atoms with Crippen LogP contribution in [-0.2, 0) is 4.74 Å². The van der Waals surface area contributed by atoms with Gasteiger partial charge in [0.25, 0.3) is 0 Å². The lowest BCUT2D eigenvalue weighted by molar-refractivity contribution is 0.0600. The summed E-state index contributed by atoms with van der Waals surface area (Å²) in [5.74, 6) is 0.376. The molecule has 1 aromatic rings. The van der Waals surface area contributed by atoms with Gasteiger partial charge < -0.3 is 14.8 Å². The maximum absolute atomic E-state index is 11.4. The molecule has 1 aromatic carbocycles. The maximum Gasteiger partial charge on any atom is 0.337 e. The molecular formula is C16H24N2O3. The van der Waals surface area contributed by atoms with E-state index in [0.717, 1.165) is 32.6 Å². The zero-order valence-electron chi connectivity index (χ0n) is 12.8. The molecule has 5 nitrogen and oxygen atoms in total. The lowest BCUT2D eigenvalue weighted by Crippen LogP contribution is -2.50. The van der Waals surface area contributed by atoms with Crippen LogP contribution in [-0.4, -0.2) is 56.8 Å². The molecule has 116 valence electrons. The fourth-order valence-electron chi connectivity index (χ4n) is 2.50. The molecule has 2 rings (SSSR count). The molecule has 1 N–H and O–H groups in total. The topological polar surface area (TPSA) is 50.8 Å². The number of hydrogen-bond acceptors (Lipinski definition) is 5. The molecule has 0 aromatic heterocycles. The van der Waals surface area contributed by atoms with Gasteiger partial charge in [-0.15, -0.1) is 0 Å². The molecule has 1 saturated heterocycles. The molecule has 0 radical (unpaired) electrons. The second-order valence-electron chi connectivity index (χ2n) is 5.31. The summed E-state index contributed by atoms with van der Waals surface area (Å²) in [5.41, 5.74) is 0.519. The first-order chi connectivity index (χ1) is 10.2. The van der Waals surface area contributed by atoms with Crippen LogP contribution in [0.5, 0.6) is 5.75 Å². The first-order valence-corrected chi connectivity index (χ1v) is 7.46. The average Bonchev–Trinajstić information content (AvgIpc) is 2.52. The monoisotopic (exact) mass is 292 g/mol. The van der Waals surface area contributed by atoms with E-state index < -0.39 is 0 Å². The van der Waals surface area contributed by atoms with Crippen LogP contribution < -0.4 is 10.1 Å². The zero-order chi connectivity index (χ0) is 15.1. The molecule has 0 saturated carbocycles. The Labute approximate surface area is 126 Å². The minimum Gasteiger partial charge on any atom is -0.494 e. The lowest BCUT2D eigenvalue weighted by Gasteiger charge is -2.33. The summed E-state index contributed by atoms with van der Waals surface area (Å²) in [5, 5.41) is 3.39. The number of methoxy groups -OCH3 is 1. The largest absolute Gasteiger partial charge is 0.494 e. The van der Waals surface area contributed by atoms with E-state index in [2.05, 4.69) is 17.1 Å². The number of carbonyl (C=O) groups is 1. The number of rotatable bonds is 6. The lowest BCUT2D eigenvalue weighted by atomic mass is 10.2. The van der Waals surface area contributed by atoms with Crippen molar-refractivity contribution in [2.75, 3.05) is 39.9 Å². The third kappa shape index (κ3) is 4.72. The Balaban J connectivity index is 1.74. The second-order valence-corrected chi connectivity index (χ2v) is 5.31. The van der Waals surface area contributed by atoms with Crippen molar-refractivity contribution in [3.05, 3.63) is 29.8 Å². The number of ether oxygens (including phenoxy) is 2. The number of carbonyl (C=O) groups excluding carboxylic acids is 1. The fourth-order valence-corrected chi connectivity index (χ4v) is 2.50. The van der Waals surface area contributed by atoms with E-state index in [0.29, 0.717) is 24.0 Å². The molecule has 1 fully saturated rings. The maximum atomic E-state index is 11.4. The first-order valence-electron chi connectivity index (χ1n) is 7.46. The number of hydrogen-bond donors (Lipinski definition) is 1. The molecule has 21 heavy (non-hydrogen) atoms. The molecule has 1 aliphatic rings. The van der Waals surface area contributed by atoms with E-state index >= 15 is 0 Å². The molecule has 1 unspecified atom stereocenters. The Morgan fingerprint density at radius 2 is 2.33 bits per heavy atom. The Morgan fingerprint density at radius 3 is 3.10 bits per heavy atom. The molecule has 1 aliphatic heterocycles. The second kappa shape index (κ2) is 8.00. The minimum absolute atomic E-state index is 0.338. The van der Waals surface area contributed by atoms with E-state index in [1.54, 1.807) is 18.2 Å². The third-order valence-electron chi connectivity index (χ3n) is 3.75. The highest BCUT2D eigenvalue weighted by molar-refractivity contribution is 5.89. The van der Waals surface area contributed by atoms with Crippen molar-refractivity contribution in [2.45, 2.75) is 19.4 Å². The standard InChI is InChI=1S/C16H24N2O3/c1-13-12-17-7-9-18(13)8-4-10-21-15-6-3-5-14(11-15)16(19)20-2/h3,5-6,11,13,17H,4,7-10,12H2,1-2H3. The fraction of sp³-hybridized carbons (Fsp3) is 0.562. The minimum atomic E-state index is -0.338. The number of benzene rings is 1. The van der Waals surface area contributed by atoms with Crippen molar-refractivity contribution in [1.82, 2.24) is 10.2 Å². The van der Waals surface area contributed by atoms with Crippen LogP contribution in [0.2, 0.25) is 0 Å². The Morgan fingerprint density at radius 1 is 1.48 bits per heavy atom. The predicted octanol–water partition coefficient (Wildman–Crippen LogP) is 1.54. The van der Waals surface area contributed by atoms with Gasteiger partial charge >= 0.3 is 5.97 Å². The Bertz CT molecular complexity index is 465. The van der Waals surface area contributed by atoms with Crippen LogP contribution in [0.15, 0.2) is 24.3 Å². The highest BCUT2D eigenvalue weighted by atomic mass is 16.5. The van der Waals surface area contributed by atoms with Crippen molar-refractivity contribution in [3.63, 3.8) is 0 Å². The molecular weight excluding hydrogens is 268 g/mol. The van der Waals surface area contributed by atoms with Crippen LogP contribution in [0.3, 0.4) is 0 Å². The number of nitrogens with zero attached hydrogens (tertiary/aromatic N) is 1. The highest BCUT2D eigenvalue weighted by Crippen LogP contribution is 2.14. The van der Waals surface area contributed by atoms with Gasteiger partial charge in [0.15, 0.2) is 0 Å². The van der Waals surface area contributed by atoms with Gasteiger partial charge in [0.2, 0.25) is 0 Å². The number of esters is 1. The van der Waals surface area contributed by atoms with Gasteiger partial charge in [-0.25, -0.2) is 4.79 Å². The number of nitrogens with one attached hydrogen (secondary N) is 1. The van der Waals surface area contributed by atoms with Crippen molar-refractivity contribution in [3.8, 4) is 5.75 Å². The average molecular weight is 292 g/mol. The molecule has 5 heteroatoms. The summed E-state index contributed by atoms with van der Waals surface area (Å²) in [6.45, 7) is 7.15. The predicted molar refractivity (Wildman–Crippen MR) is 81.8 cm³/mol. The van der Waals surface area contributed by atoms with Crippen molar-refractivity contribution in [2.24, 2.45) is 0 Å². The Kier molecular flexibility index (Phi) is 6.02. The van der Waals surface area contributed by atoms with Gasteiger partial charge in [-0.1, -0.05) is 6.07 Å². The normalized spacial score (nSPS) is 19.2. The van der Waals surface area contributed by atoms with Crippen molar-refractivity contribution in [1.29, 1.82) is 0 Å². The van der Waals surface area contributed by atoms with E-state index in [-0.39, 0.29) is 5.97 Å². The van der Waals surface area contributed by atoms with E-state index in [9.17, 15) is 4.79 Å².